The molecule has 0 saturated heterocycles. The lowest BCUT2D eigenvalue weighted by Gasteiger charge is -2.09. The van der Waals surface area contributed by atoms with Crippen LogP contribution >= 0.6 is 0 Å². The van der Waals surface area contributed by atoms with Gasteiger partial charge in [0.25, 0.3) is 5.91 Å². The summed E-state index contributed by atoms with van der Waals surface area (Å²) in [6, 6.07) is 6.81. The van der Waals surface area contributed by atoms with Crippen LogP contribution in [0.25, 0.3) is 0 Å². The molecule has 6 nitrogen and oxygen atoms in total. The van der Waals surface area contributed by atoms with Crippen molar-refractivity contribution in [1.29, 1.82) is 0 Å². The Morgan fingerprint density at radius 3 is 2.82 bits per heavy atom. The first kappa shape index (κ1) is 15.6. The lowest BCUT2D eigenvalue weighted by molar-refractivity contribution is -0.144. The molecule has 0 aromatic carbocycles. The lowest BCUT2D eigenvalue weighted by Crippen LogP contribution is -2.13. The van der Waals surface area contributed by atoms with E-state index in [0.29, 0.717) is 23.4 Å². The first-order valence-electron chi connectivity index (χ1n) is 6.93. The van der Waals surface area contributed by atoms with Gasteiger partial charge in [0.2, 0.25) is 0 Å². The summed E-state index contributed by atoms with van der Waals surface area (Å²) in [5.74, 6) is -0.542. The van der Waals surface area contributed by atoms with Crippen LogP contribution in [-0.2, 0) is 16.1 Å². The van der Waals surface area contributed by atoms with E-state index in [1.807, 2.05) is 6.92 Å². The van der Waals surface area contributed by atoms with Crippen molar-refractivity contribution in [2.45, 2.75) is 26.9 Å². The number of aryl methyl sites for hydroxylation is 1. The number of rotatable bonds is 5. The summed E-state index contributed by atoms with van der Waals surface area (Å²) in [7, 11) is 0. The number of nitrogens with one attached hydrogen (secondary N) is 1. The third-order valence-electron chi connectivity index (χ3n) is 2.86. The molecule has 0 saturated carbocycles. The summed E-state index contributed by atoms with van der Waals surface area (Å²) in [5, 5.41) is 2.78. The van der Waals surface area contributed by atoms with Crippen molar-refractivity contribution >= 4 is 17.6 Å². The van der Waals surface area contributed by atoms with Crippen molar-refractivity contribution in [3.05, 3.63) is 53.6 Å². The van der Waals surface area contributed by atoms with Gasteiger partial charge in [-0.25, -0.2) is 0 Å². The molecule has 2 rings (SSSR count). The molecule has 2 heterocycles. The zero-order valence-corrected chi connectivity index (χ0v) is 12.5. The molecule has 0 aliphatic rings. The smallest absolute Gasteiger partial charge is 0.305 e. The number of pyridine rings is 2. The Balaban J connectivity index is 2.09. The SMILES string of the molecule is CCC(=O)OCc1cc(NC(=O)c2cccnc2)cc(C)n1. The number of esters is 1. The van der Waals surface area contributed by atoms with Crippen molar-refractivity contribution in [2.24, 2.45) is 0 Å². The molecule has 114 valence electrons. The predicted molar refractivity (Wildman–Crippen MR) is 81.3 cm³/mol. The molecule has 1 amide bonds. The third kappa shape index (κ3) is 4.37. The van der Waals surface area contributed by atoms with Crippen LogP contribution in [0.3, 0.4) is 0 Å². The summed E-state index contributed by atoms with van der Waals surface area (Å²) in [5.41, 5.74) is 2.38. The fourth-order valence-corrected chi connectivity index (χ4v) is 1.84. The van der Waals surface area contributed by atoms with Crippen LogP contribution < -0.4 is 5.32 Å². The predicted octanol–water partition coefficient (Wildman–Crippen LogP) is 2.49. The second kappa shape index (κ2) is 7.31. The molecule has 2 aromatic heterocycles. The third-order valence-corrected chi connectivity index (χ3v) is 2.86. The van der Waals surface area contributed by atoms with Gasteiger partial charge in [-0.05, 0) is 31.2 Å². The fraction of sp³-hybridized carbons (Fsp3) is 0.250. The largest absolute Gasteiger partial charge is 0.459 e. The first-order valence-corrected chi connectivity index (χ1v) is 6.93. The molecule has 0 bridgehead atoms. The van der Waals surface area contributed by atoms with Crippen LogP contribution in [0.4, 0.5) is 5.69 Å². The molecule has 0 atom stereocenters. The van der Waals surface area contributed by atoms with Crippen LogP contribution in [-0.4, -0.2) is 21.8 Å². The number of anilines is 1. The first-order chi connectivity index (χ1) is 10.6. The van der Waals surface area contributed by atoms with E-state index in [9.17, 15) is 9.59 Å². The second-order valence-corrected chi connectivity index (χ2v) is 4.70. The van der Waals surface area contributed by atoms with Crippen molar-refractivity contribution < 1.29 is 14.3 Å². The van der Waals surface area contributed by atoms with E-state index in [1.54, 1.807) is 37.4 Å². The van der Waals surface area contributed by atoms with Crippen molar-refractivity contribution in [3.63, 3.8) is 0 Å². The number of ether oxygens (including phenoxy) is 1. The maximum atomic E-state index is 12.1. The Bertz CT molecular complexity index is 672. The van der Waals surface area contributed by atoms with E-state index in [4.69, 9.17) is 4.74 Å². The topological polar surface area (TPSA) is 81.2 Å². The highest BCUT2D eigenvalue weighted by Crippen LogP contribution is 2.14. The standard InChI is InChI=1S/C16H17N3O3/c1-3-15(20)22-10-14-8-13(7-11(2)18-14)19-16(21)12-5-4-6-17-9-12/h4-9H,3,10H2,1-2H3,(H,18,19,21). The highest BCUT2D eigenvalue weighted by molar-refractivity contribution is 6.04. The van der Waals surface area contributed by atoms with E-state index >= 15 is 0 Å². The van der Waals surface area contributed by atoms with Gasteiger partial charge in [-0.1, -0.05) is 6.92 Å². The summed E-state index contributed by atoms with van der Waals surface area (Å²) in [6.45, 7) is 3.63. The zero-order chi connectivity index (χ0) is 15.9. The van der Waals surface area contributed by atoms with Gasteiger partial charge >= 0.3 is 5.97 Å². The van der Waals surface area contributed by atoms with Gasteiger partial charge < -0.3 is 10.1 Å². The molecule has 22 heavy (non-hydrogen) atoms. The fourth-order valence-electron chi connectivity index (χ4n) is 1.84. The number of carbonyl (C=O) groups excluding carboxylic acids is 2. The quantitative estimate of drug-likeness (QED) is 0.858. The van der Waals surface area contributed by atoms with Gasteiger partial charge in [0, 0.05) is 30.2 Å². The van der Waals surface area contributed by atoms with Gasteiger partial charge in [0.05, 0.1) is 11.3 Å². The molecule has 0 aliphatic carbocycles. The van der Waals surface area contributed by atoms with Crippen LogP contribution in [0, 0.1) is 6.92 Å². The molecule has 0 aliphatic heterocycles. The minimum Gasteiger partial charge on any atom is -0.459 e. The van der Waals surface area contributed by atoms with Crippen LogP contribution in [0.1, 0.15) is 35.1 Å². The lowest BCUT2D eigenvalue weighted by atomic mass is 10.2. The maximum Gasteiger partial charge on any atom is 0.305 e. The molecular weight excluding hydrogens is 282 g/mol. The number of nitrogens with zero attached hydrogens (tertiary/aromatic N) is 2. The van der Waals surface area contributed by atoms with E-state index < -0.39 is 0 Å². The Hall–Kier alpha value is -2.76. The highest BCUT2D eigenvalue weighted by atomic mass is 16.5. The molecule has 1 N–H and O–H groups in total. The van der Waals surface area contributed by atoms with Gasteiger partial charge in [-0.2, -0.15) is 0 Å². The van der Waals surface area contributed by atoms with E-state index in [2.05, 4.69) is 15.3 Å². The molecule has 0 unspecified atom stereocenters. The average Bonchev–Trinajstić information content (AvgIpc) is 2.53. The van der Waals surface area contributed by atoms with Crippen molar-refractivity contribution in [2.75, 3.05) is 5.32 Å². The second-order valence-electron chi connectivity index (χ2n) is 4.70. The number of hydrogen-bond acceptors (Lipinski definition) is 5. The molecule has 6 heteroatoms. The van der Waals surface area contributed by atoms with E-state index in [-0.39, 0.29) is 18.5 Å². The Morgan fingerprint density at radius 2 is 2.14 bits per heavy atom. The van der Waals surface area contributed by atoms with Gasteiger partial charge in [0.1, 0.15) is 6.61 Å². The Kier molecular flexibility index (Phi) is 5.19. The summed E-state index contributed by atoms with van der Waals surface area (Å²) in [6.07, 6.45) is 3.41. The van der Waals surface area contributed by atoms with Crippen LogP contribution in [0.2, 0.25) is 0 Å². The molecule has 0 fully saturated rings. The van der Waals surface area contributed by atoms with E-state index in [0.717, 1.165) is 5.69 Å². The zero-order valence-electron chi connectivity index (χ0n) is 12.5. The number of carbonyl (C=O) groups is 2. The summed E-state index contributed by atoms with van der Waals surface area (Å²) in [4.78, 5) is 31.5. The summed E-state index contributed by atoms with van der Waals surface area (Å²) >= 11 is 0. The molecular formula is C16H17N3O3. The van der Waals surface area contributed by atoms with Crippen LogP contribution in [0.15, 0.2) is 36.7 Å². The average molecular weight is 299 g/mol. The minimum atomic E-state index is -0.288. The maximum absolute atomic E-state index is 12.1. The van der Waals surface area contributed by atoms with Crippen molar-refractivity contribution in [3.8, 4) is 0 Å². The molecule has 0 radical (unpaired) electrons. The highest BCUT2D eigenvalue weighted by Gasteiger charge is 2.08. The van der Waals surface area contributed by atoms with Gasteiger partial charge in [-0.15, -0.1) is 0 Å². The molecule has 2 aromatic rings. The summed E-state index contributed by atoms with van der Waals surface area (Å²) < 4.78 is 5.05. The Labute approximate surface area is 128 Å². The van der Waals surface area contributed by atoms with Gasteiger partial charge in [-0.3, -0.25) is 19.6 Å². The monoisotopic (exact) mass is 299 g/mol. The Morgan fingerprint density at radius 1 is 1.32 bits per heavy atom. The minimum absolute atomic E-state index is 0.0874. The number of aromatic nitrogens is 2. The van der Waals surface area contributed by atoms with E-state index in [1.165, 1.54) is 6.20 Å². The normalized spacial score (nSPS) is 10.1. The number of hydrogen-bond donors (Lipinski definition) is 1. The van der Waals surface area contributed by atoms with Crippen molar-refractivity contribution in [1.82, 2.24) is 9.97 Å². The molecule has 0 spiro atoms. The van der Waals surface area contributed by atoms with Crippen LogP contribution in [0.5, 0.6) is 0 Å². The van der Waals surface area contributed by atoms with Gasteiger partial charge in [0.15, 0.2) is 0 Å². The number of amides is 1.